The molecule has 1 aromatic carbocycles. The number of benzene rings is 1. The number of likely N-dealkylation sites (tertiary alicyclic amines) is 1. The standard InChI is InChI=1S/C24H29N7O2/c1-2-20(32)29-12-6-10-19(11-7-13-29)31-23(25)21(24(26)33)22(28-31)18-14-27-30(16-18)15-17-8-4-3-5-9-17/h2-5,8-9,14,16,19H,1,6-7,10-13,15,25H2,(H2,26,33). The Morgan fingerprint density at radius 2 is 1.85 bits per heavy atom. The van der Waals surface area contributed by atoms with Crippen LogP contribution >= 0.6 is 0 Å². The number of aromatic nitrogens is 4. The largest absolute Gasteiger partial charge is 0.383 e. The number of primary amides is 1. The summed E-state index contributed by atoms with van der Waals surface area (Å²) >= 11 is 0. The van der Waals surface area contributed by atoms with Crippen LogP contribution < -0.4 is 11.5 Å². The average Bonchev–Trinajstić information content (AvgIpc) is 3.38. The lowest BCUT2D eigenvalue weighted by Crippen LogP contribution is -2.33. The Labute approximate surface area is 192 Å². The van der Waals surface area contributed by atoms with E-state index in [0.717, 1.165) is 31.2 Å². The zero-order valence-corrected chi connectivity index (χ0v) is 18.6. The number of carbonyl (C=O) groups is 2. The third-order valence-corrected chi connectivity index (χ3v) is 6.05. The molecule has 3 aromatic rings. The van der Waals surface area contributed by atoms with E-state index in [0.29, 0.717) is 30.9 Å². The normalized spacial score (nSPS) is 15.1. The van der Waals surface area contributed by atoms with Gasteiger partial charge in [-0.05, 0) is 37.3 Å². The number of anilines is 1. The third-order valence-electron chi connectivity index (χ3n) is 6.05. The maximum Gasteiger partial charge on any atom is 0.254 e. The highest BCUT2D eigenvalue weighted by Crippen LogP contribution is 2.32. The van der Waals surface area contributed by atoms with E-state index in [2.05, 4.69) is 11.7 Å². The SMILES string of the molecule is C=CC(=O)N1CCCC(n2nc(-c3cnn(Cc4ccccc4)c3)c(C(N)=O)c2N)CCC1. The third kappa shape index (κ3) is 4.82. The molecule has 0 saturated carbocycles. The van der Waals surface area contributed by atoms with Crippen molar-refractivity contribution in [1.82, 2.24) is 24.5 Å². The van der Waals surface area contributed by atoms with E-state index >= 15 is 0 Å². The zero-order chi connectivity index (χ0) is 23.4. The second-order valence-corrected chi connectivity index (χ2v) is 8.30. The van der Waals surface area contributed by atoms with Crippen molar-refractivity contribution in [3.8, 4) is 11.3 Å². The lowest BCUT2D eigenvalue weighted by molar-refractivity contribution is -0.126. The fourth-order valence-electron chi connectivity index (χ4n) is 4.40. The molecule has 9 heteroatoms. The van der Waals surface area contributed by atoms with Crippen molar-refractivity contribution < 1.29 is 9.59 Å². The van der Waals surface area contributed by atoms with Gasteiger partial charge in [0.05, 0.1) is 18.8 Å². The summed E-state index contributed by atoms with van der Waals surface area (Å²) in [5.74, 6) is -0.381. The van der Waals surface area contributed by atoms with Crippen molar-refractivity contribution in [2.24, 2.45) is 5.73 Å². The predicted octanol–water partition coefficient (Wildman–Crippen LogP) is 2.61. The smallest absolute Gasteiger partial charge is 0.254 e. The molecule has 1 saturated heterocycles. The quantitative estimate of drug-likeness (QED) is 0.562. The molecule has 2 aromatic heterocycles. The molecule has 0 aliphatic carbocycles. The lowest BCUT2D eigenvalue weighted by Gasteiger charge is -2.27. The van der Waals surface area contributed by atoms with Gasteiger partial charge in [0, 0.05) is 24.8 Å². The van der Waals surface area contributed by atoms with Gasteiger partial charge >= 0.3 is 0 Å². The van der Waals surface area contributed by atoms with Crippen molar-refractivity contribution in [3.63, 3.8) is 0 Å². The summed E-state index contributed by atoms with van der Waals surface area (Å²) in [6.07, 6.45) is 8.07. The highest BCUT2D eigenvalue weighted by Gasteiger charge is 2.27. The fraction of sp³-hybridized carbons (Fsp3) is 0.333. The highest BCUT2D eigenvalue weighted by atomic mass is 16.2. The van der Waals surface area contributed by atoms with Gasteiger partial charge in [0.1, 0.15) is 17.1 Å². The molecule has 9 nitrogen and oxygen atoms in total. The first-order valence-electron chi connectivity index (χ1n) is 11.1. The van der Waals surface area contributed by atoms with Crippen LogP contribution in [-0.2, 0) is 11.3 Å². The van der Waals surface area contributed by atoms with Gasteiger partial charge in [0.25, 0.3) is 5.91 Å². The van der Waals surface area contributed by atoms with Crippen molar-refractivity contribution in [2.75, 3.05) is 18.8 Å². The van der Waals surface area contributed by atoms with E-state index in [9.17, 15) is 9.59 Å². The molecule has 0 spiro atoms. The Morgan fingerprint density at radius 3 is 2.48 bits per heavy atom. The summed E-state index contributed by atoms with van der Waals surface area (Å²) in [4.78, 5) is 26.1. The summed E-state index contributed by atoms with van der Waals surface area (Å²) in [7, 11) is 0. The highest BCUT2D eigenvalue weighted by molar-refractivity contribution is 6.03. The maximum absolute atomic E-state index is 12.3. The van der Waals surface area contributed by atoms with Crippen LogP contribution in [0.5, 0.6) is 0 Å². The van der Waals surface area contributed by atoms with Gasteiger partial charge in [-0.25, -0.2) is 4.68 Å². The summed E-state index contributed by atoms with van der Waals surface area (Å²) in [5, 5.41) is 9.16. The van der Waals surface area contributed by atoms with Crippen LogP contribution in [0.2, 0.25) is 0 Å². The second kappa shape index (κ2) is 9.72. The van der Waals surface area contributed by atoms with Gasteiger partial charge in [0.2, 0.25) is 5.91 Å². The van der Waals surface area contributed by atoms with Gasteiger partial charge in [-0.1, -0.05) is 36.9 Å². The van der Waals surface area contributed by atoms with Crippen molar-refractivity contribution in [1.29, 1.82) is 0 Å². The number of carbonyl (C=O) groups excluding carboxylic acids is 2. The molecule has 172 valence electrons. The van der Waals surface area contributed by atoms with Crippen molar-refractivity contribution in [2.45, 2.75) is 38.3 Å². The Morgan fingerprint density at radius 1 is 1.15 bits per heavy atom. The van der Waals surface area contributed by atoms with Gasteiger partial charge in [-0.3, -0.25) is 14.3 Å². The molecule has 0 unspecified atom stereocenters. The van der Waals surface area contributed by atoms with E-state index < -0.39 is 5.91 Å². The van der Waals surface area contributed by atoms with Crippen LogP contribution in [0.25, 0.3) is 11.3 Å². The average molecular weight is 448 g/mol. The topological polar surface area (TPSA) is 125 Å². The first-order chi connectivity index (χ1) is 16.0. The molecule has 2 amide bonds. The van der Waals surface area contributed by atoms with Crippen LogP contribution in [0, 0.1) is 0 Å². The van der Waals surface area contributed by atoms with Crippen LogP contribution in [0.1, 0.15) is 47.6 Å². The van der Waals surface area contributed by atoms with Crippen LogP contribution in [0.4, 0.5) is 5.82 Å². The molecule has 1 fully saturated rings. The minimum atomic E-state index is -0.613. The lowest BCUT2D eigenvalue weighted by atomic mass is 10.0. The number of hydrogen-bond donors (Lipinski definition) is 2. The first kappa shape index (κ1) is 22.3. The summed E-state index contributed by atoms with van der Waals surface area (Å²) < 4.78 is 3.53. The number of nitrogens with two attached hydrogens (primary N) is 2. The maximum atomic E-state index is 12.3. The molecule has 33 heavy (non-hydrogen) atoms. The Hall–Kier alpha value is -3.88. The van der Waals surface area contributed by atoms with Gasteiger partial charge in [-0.15, -0.1) is 0 Å². The molecule has 1 aliphatic heterocycles. The second-order valence-electron chi connectivity index (χ2n) is 8.30. The summed E-state index contributed by atoms with van der Waals surface area (Å²) in [6.45, 7) is 5.49. The van der Waals surface area contributed by atoms with Gasteiger partial charge in [0.15, 0.2) is 0 Å². The van der Waals surface area contributed by atoms with E-state index in [1.54, 1.807) is 15.6 Å². The molecule has 3 heterocycles. The summed E-state index contributed by atoms with van der Waals surface area (Å²) in [6, 6.07) is 10.0. The van der Waals surface area contributed by atoms with E-state index in [1.165, 1.54) is 6.08 Å². The zero-order valence-electron chi connectivity index (χ0n) is 18.6. The predicted molar refractivity (Wildman–Crippen MR) is 126 cm³/mol. The number of nitrogen functional groups attached to an aromatic ring is 1. The fourth-order valence-corrected chi connectivity index (χ4v) is 4.40. The van der Waals surface area contributed by atoms with Crippen molar-refractivity contribution in [3.05, 3.63) is 66.5 Å². The van der Waals surface area contributed by atoms with Crippen LogP contribution in [0.15, 0.2) is 55.4 Å². The molecule has 0 bridgehead atoms. The Bertz CT molecular complexity index is 1140. The van der Waals surface area contributed by atoms with E-state index in [-0.39, 0.29) is 23.3 Å². The molecular formula is C24H29N7O2. The molecule has 4 N–H and O–H groups in total. The van der Waals surface area contributed by atoms with Crippen molar-refractivity contribution >= 4 is 17.6 Å². The number of amides is 2. The first-order valence-corrected chi connectivity index (χ1v) is 11.1. The van der Waals surface area contributed by atoms with E-state index in [1.807, 2.05) is 41.4 Å². The van der Waals surface area contributed by atoms with E-state index in [4.69, 9.17) is 16.6 Å². The monoisotopic (exact) mass is 447 g/mol. The molecule has 1 aliphatic rings. The molecule has 4 rings (SSSR count). The molecule has 0 radical (unpaired) electrons. The Balaban J connectivity index is 1.58. The number of rotatable bonds is 6. The minimum Gasteiger partial charge on any atom is -0.383 e. The van der Waals surface area contributed by atoms with Gasteiger partial charge < -0.3 is 16.4 Å². The summed E-state index contributed by atoms with van der Waals surface area (Å²) in [5.41, 5.74) is 14.6. The number of nitrogens with zero attached hydrogens (tertiary/aromatic N) is 5. The van der Waals surface area contributed by atoms with Crippen LogP contribution in [-0.4, -0.2) is 49.4 Å². The number of hydrogen-bond acceptors (Lipinski definition) is 5. The molecular weight excluding hydrogens is 418 g/mol. The van der Waals surface area contributed by atoms with Crippen LogP contribution in [0.3, 0.4) is 0 Å². The Kier molecular flexibility index (Phi) is 6.58. The van der Waals surface area contributed by atoms with Gasteiger partial charge in [-0.2, -0.15) is 10.2 Å². The molecule has 0 atom stereocenters. The minimum absolute atomic E-state index is 0.0252.